The normalized spacial score (nSPS) is 40.9. The first-order valence-corrected chi connectivity index (χ1v) is 9.02. The summed E-state index contributed by atoms with van der Waals surface area (Å²) in [5.74, 6) is -0.0406. The van der Waals surface area contributed by atoms with E-state index in [1.165, 1.54) is 6.08 Å². The standard InChI is InChI=1S/C19H30O8/c1-10-7-12(21)8-18(3,4)19(10,25)6-5-11(2)26-17-16(24)15(23)14(22)13(9-20)27-17/h5-7,11,13-17,20,22-25H,8-9H2,1-4H3/b6-5+/t11-,13-,14-,15+,16-,17-,19-/m1/s1. The van der Waals surface area contributed by atoms with Crippen LogP contribution < -0.4 is 0 Å². The summed E-state index contributed by atoms with van der Waals surface area (Å²) in [6.07, 6.45) is -2.64. The molecule has 0 aromatic rings. The molecule has 7 atom stereocenters. The quantitative estimate of drug-likeness (QED) is 0.396. The molecule has 2 aliphatic rings. The van der Waals surface area contributed by atoms with E-state index in [0.29, 0.717) is 5.57 Å². The summed E-state index contributed by atoms with van der Waals surface area (Å²) < 4.78 is 10.9. The summed E-state index contributed by atoms with van der Waals surface area (Å²) in [5.41, 5.74) is -1.52. The minimum absolute atomic E-state index is 0.0406. The first kappa shape index (κ1) is 22.2. The van der Waals surface area contributed by atoms with Crippen LogP contribution in [0.15, 0.2) is 23.8 Å². The molecule has 8 nitrogen and oxygen atoms in total. The number of carbonyl (C=O) groups excluding carboxylic acids is 1. The van der Waals surface area contributed by atoms with Crippen LogP contribution in [0.25, 0.3) is 0 Å². The number of ether oxygens (including phenoxy) is 2. The number of ketones is 1. The third kappa shape index (κ3) is 4.32. The monoisotopic (exact) mass is 386 g/mol. The smallest absolute Gasteiger partial charge is 0.187 e. The molecule has 1 heterocycles. The Bertz CT molecular complexity index is 611. The molecular weight excluding hydrogens is 356 g/mol. The van der Waals surface area contributed by atoms with Crippen molar-refractivity contribution in [1.29, 1.82) is 0 Å². The molecule has 0 unspecified atom stereocenters. The Kier molecular flexibility index (Phi) is 6.63. The Balaban J connectivity index is 2.11. The van der Waals surface area contributed by atoms with Crippen molar-refractivity contribution in [3.63, 3.8) is 0 Å². The van der Waals surface area contributed by atoms with Gasteiger partial charge in [0.2, 0.25) is 0 Å². The molecule has 0 spiro atoms. The second-order valence-electron chi connectivity index (χ2n) is 8.02. The molecule has 1 aliphatic carbocycles. The van der Waals surface area contributed by atoms with Crippen molar-refractivity contribution in [2.24, 2.45) is 5.41 Å². The Morgan fingerprint density at radius 3 is 2.48 bits per heavy atom. The van der Waals surface area contributed by atoms with Gasteiger partial charge >= 0.3 is 0 Å². The summed E-state index contributed by atoms with van der Waals surface area (Å²) in [4.78, 5) is 11.8. The minimum atomic E-state index is -1.52. The van der Waals surface area contributed by atoms with Crippen molar-refractivity contribution in [3.05, 3.63) is 23.8 Å². The molecule has 0 aromatic heterocycles. The van der Waals surface area contributed by atoms with E-state index in [2.05, 4.69) is 0 Å². The van der Waals surface area contributed by atoms with E-state index < -0.39 is 54.4 Å². The fourth-order valence-electron chi connectivity index (χ4n) is 3.58. The van der Waals surface area contributed by atoms with E-state index in [1.54, 1.807) is 39.8 Å². The molecule has 1 saturated heterocycles. The molecule has 8 heteroatoms. The fraction of sp³-hybridized carbons (Fsp3) is 0.737. The van der Waals surface area contributed by atoms with Gasteiger partial charge in [0.05, 0.1) is 12.7 Å². The van der Waals surface area contributed by atoms with Gasteiger partial charge in [0.25, 0.3) is 0 Å². The van der Waals surface area contributed by atoms with Gasteiger partial charge in [-0.25, -0.2) is 0 Å². The van der Waals surface area contributed by atoms with Crippen LogP contribution in [0.2, 0.25) is 0 Å². The van der Waals surface area contributed by atoms with Gasteiger partial charge in [0.1, 0.15) is 30.0 Å². The molecule has 0 aromatic carbocycles. The van der Waals surface area contributed by atoms with Crippen molar-refractivity contribution in [2.75, 3.05) is 6.61 Å². The van der Waals surface area contributed by atoms with Gasteiger partial charge < -0.3 is 35.0 Å². The number of aliphatic hydroxyl groups excluding tert-OH is 4. The first-order chi connectivity index (χ1) is 12.4. The highest BCUT2D eigenvalue weighted by atomic mass is 16.7. The molecule has 1 aliphatic heterocycles. The third-order valence-electron chi connectivity index (χ3n) is 5.43. The van der Waals surface area contributed by atoms with Gasteiger partial charge in [-0.05, 0) is 31.6 Å². The van der Waals surface area contributed by atoms with Gasteiger partial charge in [0.15, 0.2) is 12.1 Å². The van der Waals surface area contributed by atoms with Crippen LogP contribution in [0.3, 0.4) is 0 Å². The minimum Gasteiger partial charge on any atom is -0.394 e. The summed E-state index contributed by atoms with van der Waals surface area (Å²) in [6, 6.07) is 0. The summed E-state index contributed by atoms with van der Waals surface area (Å²) in [7, 11) is 0. The molecular formula is C19H30O8. The van der Waals surface area contributed by atoms with Crippen LogP contribution in [-0.2, 0) is 14.3 Å². The average molecular weight is 386 g/mol. The van der Waals surface area contributed by atoms with Crippen molar-refractivity contribution in [2.45, 2.75) is 76.5 Å². The summed E-state index contributed by atoms with van der Waals surface area (Å²) in [5, 5.41) is 50.0. The maximum atomic E-state index is 11.8. The molecule has 0 amide bonds. The second-order valence-corrected chi connectivity index (χ2v) is 8.02. The van der Waals surface area contributed by atoms with E-state index in [1.807, 2.05) is 0 Å². The predicted molar refractivity (Wildman–Crippen MR) is 95.6 cm³/mol. The topological polar surface area (TPSA) is 137 Å². The van der Waals surface area contributed by atoms with Crippen LogP contribution in [0.5, 0.6) is 0 Å². The largest absolute Gasteiger partial charge is 0.394 e. The van der Waals surface area contributed by atoms with Gasteiger partial charge in [0, 0.05) is 11.8 Å². The fourth-order valence-corrected chi connectivity index (χ4v) is 3.58. The molecule has 1 fully saturated rings. The summed E-state index contributed by atoms with van der Waals surface area (Å²) >= 11 is 0. The van der Waals surface area contributed by atoms with Gasteiger partial charge in [-0.3, -0.25) is 4.79 Å². The maximum Gasteiger partial charge on any atom is 0.187 e. The lowest BCUT2D eigenvalue weighted by atomic mass is 9.64. The van der Waals surface area contributed by atoms with Crippen LogP contribution in [-0.4, -0.2) is 80.3 Å². The van der Waals surface area contributed by atoms with E-state index >= 15 is 0 Å². The predicted octanol–water partition coefficient (Wildman–Crippen LogP) is -0.576. The van der Waals surface area contributed by atoms with Gasteiger partial charge in [-0.15, -0.1) is 0 Å². The van der Waals surface area contributed by atoms with Crippen LogP contribution in [0.1, 0.15) is 34.1 Å². The number of aliphatic hydroxyl groups is 5. The van der Waals surface area contributed by atoms with Crippen LogP contribution in [0.4, 0.5) is 0 Å². The van der Waals surface area contributed by atoms with E-state index in [9.17, 15) is 30.3 Å². The van der Waals surface area contributed by atoms with Gasteiger partial charge in [-0.2, -0.15) is 0 Å². The van der Waals surface area contributed by atoms with Crippen molar-refractivity contribution in [3.8, 4) is 0 Å². The molecule has 0 radical (unpaired) electrons. The molecule has 154 valence electrons. The average Bonchev–Trinajstić information content (AvgIpc) is 2.58. The van der Waals surface area contributed by atoms with Gasteiger partial charge in [-0.1, -0.05) is 19.9 Å². The van der Waals surface area contributed by atoms with Crippen molar-refractivity contribution >= 4 is 5.78 Å². The zero-order chi connectivity index (χ0) is 20.6. The summed E-state index contributed by atoms with van der Waals surface area (Å²) in [6.45, 7) is 6.40. The molecule has 5 N–H and O–H groups in total. The Labute approximate surface area is 158 Å². The number of hydrogen-bond acceptors (Lipinski definition) is 8. The van der Waals surface area contributed by atoms with Crippen LogP contribution >= 0.6 is 0 Å². The first-order valence-electron chi connectivity index (χ1n) is 9.02. The Morgan fingerprint density at radius 1 is 1.30 bits per heavy atom. The second kappa shape index (κ2) is 8.08. The molecule has 0 bridgehead atoms. The number of carbonyl (C=O) groups is 1. The number of rotatable bonds is 5. The lowest BCUT2D eigenvalue weighted by molar-refractivity contribution is -0.306. The van der Waals surface area contributed by atoms with E-state index in [-0.39, 0.29) is 12.2 Å². The lowest BCUT2D eigenvalue weighted by Crippen LogP contribution is -2.59. The van der Waals surface area contributed by atoms with Crippen molar-refractivity contribution in [1.82, 2.24) is 0 Å². The Hall–Kier alpha value is -1.13. The number of allylic oxidation sites excluding steroid dienone is 1. The zero-order valence-electron chi connectivity index (χ0n) is 16.1. The molecule has 0 saturated carbocycles. The number of hydrogen-bond donors (Lipinski definition) is 5. The zero-order valence-corrected chi connectivity index (χ0v) is 16.1. The maximum absolute atomic E-state index is 11.8. The highest BCUT2D eigenvalue weighted by Gasteiger charge is 2.47. The van der Waals surface area contributed by atoms with Crippen molar-refractivity contribution < 1.29 is 39.8 Å². The third-order valence-corrected chi connectivity index (χ3v) is 5.43. The highest BCUT2D eigenvalue weighted by molar-refractivity contribution is 5.92. The lowest BCUT2D eigenvalue weighted by Gasteiger charge is -2.44. The molecule has 27 heavy (non-hydrogen) atoms. The van der Waals surface area contributed by atoms with E-state index in [4.69, 9.17) is 9.47 Å². The Morgan fingerprint density at radius 2 is 1.93 bits per heavy atom. The van der Waals surface area contributed by atoms with Crippen LogP contribution in [0, 0.1) is 5.41 Å². The molecule has 2 rings (SSSR count). The van der Waals surface area contributed by atoms with E-state index in [0.717, 1.165) is 0 Å². The highest BCUT2D eigenvalue weighted by Crippen LogP contribution is 2.44. The SMILES string of the molecule is CC1=CC(=O)CC(C)(C)[C@@]1(O)/C=C/[C@@H](C)O[C@@H]1O[C@H](CO)[C@@H](O)[C@H](O)[C@H]1O.